The van der Waals surface area contributed by atoms with Crippen LogP contribution in [-0.4, -0.2) is 27.8 Å². The number of benzene rings is 1. The summed E-state index contributed by atoms with van der Waals surface area (Å²) in [7, 11) is 0. The fourth-order valence-corrected chi connectivity index (χ4v) is 4.65. The van der Waals surface area contributed by atoms with Crippen molar-refractivity contribution in [3.8, 4) is 0 Å². The number of carbonyl (C=O) groups excluding carboxylic acids is 2. The van der Waals surface area contributed by atoms with Crippen molar-refractivity contribution in [1.29, 1.82) is 0 Å². The minimum atomic E-state index is -0.149. The average Bonchev–Trinajstić information content (AvgIpc) is 2.55. The Morgan fingerprint density at radius 3 is 2.29 bits per heavy atom. The Hall–Kier alpha value is -1.26. The predicted octanol–water partition coefficient (Wildman–Crippen LogP) is 6.52. The van der Waals surface area contributed by atoms with Crippen molar-refractivity contribution in [2.24, 2.45) is 17.8 Å². The molecule has 1 aromatic carbocycles. The van der Waals surface area contributed by atoms with Crippen LogP contribution >= 0.6 is 23.4 Å². The molecule has 5 heteroatoms. The maximum absolute atomic E-state index is 13.1. The number of nitrogens with zero attached hydrogens (tertiary/aromatic N) is 1. The molecule has 0 saturated carbocycles. The smallest absolute Gasteiger partial charge is 0.247 e. The predicted molar refractivity (Wildman–Crippen MR) is 122 cm³/mol. The zero-order chi connectivity index (χ0) is 21.3. The molecule has 2 atom stereocenters. The first-order valence-electron chi connectivity index (χ1n) is 10.00. The highest BCUT2D eigenvalue weighted by molar-refractivity contribution is 8.14. The fraction of sp³-hybridized carbons (Fsp3) is 0.565. The standard InChI is InChI=1S/C23H34ClNO2S/c1-16(2)12-18(5)15-25(23(13-17(3)4)28-19(6)26)22(27)11-10-20-8-7-9-21(24)14-20/h7-11,14,16-18,23H,12-13,15H2,1-6H3/b11-10+/t18-,23+/m0/s1. The lowest BCUT2D eigenvalue weighted by Gasteiger charge is -2.33. The third-order valence-electron chi connectivity index (χ3n) is 4.25. The highest BCUT2D eigenvalue weighted by Crippen LogP contribution is 2.26. The van der Waals surface area contributed by atoms with E-state index in [-0.39, 0.29) is 16.4 Å². The monoisotopic (exact) mass is 423 g/mol. The van der Waals surface area contributed by atoms with Crippen LogP contribution in [0, 0.1) is 17.8 Å². The Kier molecular flexibility index (Phi) is 10.9. The number of hydrogen-bond acceptors (Lipinski definition) is 3. The largest absolute Gasteiger partial charge is 0.326 e. The maximum Gasteiger partial charge on any atom is 0.247 e. The second-order valence-corrected chi connectivity index (χ2v) is 10.1. The molecule has 0 heterocycles. The van der Waals surface area contributed by atoms with Gasteiger partial charge in [-0.15, -0.1) is 0 Å². The molecule has 0 unspecified atom stereocenters. The zero-order valence-corrected chi connectivity index (χ0v) is 19.5. The van der Waals surface area contributed by atoms with Crippen LogP contribution in [-0.2, 0) is 9.59 Å². The van der Waals surface area contributed by atoms with Gasteiger partial charge in [0.2, 0.25) is 5.91 Å². The van der Waals surface area contributed by atoms with Crippen molar-refractivity contribution in [1.82, 2.24) is 4.90 Å². The number of amides is 1. The Balaban J connectivity index is 3.07. The maximum atomic E-state index is 13.1. The number of rotatable bonds is 10. The second kappa shape index (κ2) is 12.3. The van der Waals surface area contributed by atoms with Gasteiger partial charge in [-0.1, -0.05) is 70.1 Å². The van der Waals surface area contributed by atoms with Crippen molar-refractivity contribution < 1.29 is 9.59 Å². The van der Waals surface area contributed by atoms with E-state index in [2.05, 4.69) is 34.6 Å². The summed E-state index contributed by atoms with van der Waals surface area (Å²) < 4.78 is 0. The van der Waals surface area contributed by atoms with Crippen LogP contribution in [0.4, 0.5) is 0 Å². The zero-order valence-electron chi connectivity index (χ0n) is 17.9. The SMILES string of the molecule is CC(=O)S[C@H](CC(C)C)N(C[C@@H](C)CC(C)C)C(=O)/C=C/c1cccc(Cl)c1. The minimum absolute atomic E-state index is 0.0405. The van der Waals surface area contributed by atoms with Gasteiger partial charge in [-0.3, -0.25) is 9.59 Å². The molecular weight excluding hydrogens is 390 g/mol. The highest BCUT2D eigenvalue weighted by Gasteiger charge is 2.27. The van der Waals surface area contributed by atoms with E-state index in [1.165, 1.54) is 11.8 Å². The first kappa shape index (κ1) is 24.8. The molecule has 0 fully saturated rings. The van der Waals surface area contributed by atoms with Gasteiger partial charge in [0.15, 0.2) is 5.12 Å². The minimum Gasteiger partial charge on any atom is -0.326 e. The van der Waals surface area contributed by atoms with E-state index < -0.39 is 0 Å². The van der Waals surface area contributed by atoms with E-state index in [4.69, 9.17) is 11.6 Å². The molecule has 1 rings (SSSR count). The van der Waals surface area contributed by atoms with Crippen molar-refractivity contribution in [3.63, 3.8) is 0 Å². The summed E-state index contributed by atoms with van der Waals surface area (Å²) in [6.07, 6.45) is 5.22. The molecule has 1 aromatic rings. The molecular formula is C23H34ClNO2S. The van der Waals surface area contributed by atoms with Gasteiger partial charge in [-0.2, -0.15) is 0 Å². The molecule has 0 saturated heterocycles. The van der Waals surface area contributed by atoms with Crippen LogP contribution < -0.4 is 0 Å². The van der Waals surface area contributed by atoms with Gasteiger partial charge >= 0.3 is 0 Å². The summed E-state index contributed by atoms with van der Waals surface area (Å²) in [5.41, 5.74) is 0.885. The van der Waals surface area contributed by atoms with Crippen LogP contribution in [0.25, 0.3) is 6.08 Å². The molecule has 0 spiro atoms. The molecule has 3 nitrogen and oxygen atoms in total. The Morgan fingerprint density at radius 2 is 1.75 bits per heavy atom. The Labute approximate surface area is 179 Å². The molecule has 0 aliphatic heterocycles. The normalized spacial score (nSPS) is 13.9. The first-order valence-corrected chi connectivity index (χ1v) is 11.3. The summed E-state index contributed by atoms with van der Waals surface area (Å²) in [6, 6.07) is 7.41. The molecule has 0 bridgehead atoms. The topological polar surface area (TPSA) is 37.4 Å². The van der Waals surface area contributed by atoms with Crippen LogP contribution in [0.2, 0.25) is 5.02 Å². The van der Waals surface area contributed by atoms with Crippen LogP contribution in [0.3, 0.4) is 0 Å². The van der Waals surface area contributed by atoms with Gasteiger partial charge in [0.1, 0.15) is 0 Å². The van der Waals surface area contributed by atoms with E-state index in [1.54, 1.807) is 19.1 Å². The first-order chi connectivity index (χ1) is 13.1. The van der Waals surface area contributed by atoms with Gasteiger partial charge in [0, 0.05) is 24.6 Å². The Bertz CT molecular complexity index is 672. The molecule has 28 heavy (non-hydrogen) atoms. The lowest BCUT2D eigenvalue weighted by Crippen LogP contribution is -2.41. The van der Waals surface area contributed by atoms with Crippen molar-refractivity contribution in [2.75, 3.05) is 6.54 Å². The van der Waals surface area contributed by atoms with E-state index in [0.29, 0.717) is 29.3 Å². The van der Waals surface area contributed by atoms with Crippen molar-refractivity contribution >= 4 is 40.5 Å². The summed E-state index contributed by atoms with van der Waals surface area (Å²) in [6.45, 7) is 13.0. The second-order valence-electron chi connectivity index (χ2n) is 8.31. The molecule has 0 radical (unpaired) electrons. The molecule has 1 amide bonds. The average molecular weight is 424 g/mol. The molecule has 0 N–H and O–H groups in total. The summed E-state index contributed by atoms with van der Waals surface area (Å²) in [5, 5.41) is 0.532. The van der Waals surface area contributed by atoms with E-state index in [9.17, 15) is 9.59 Å². The summed E-state index contributed by atoms with van der Waals surface area (Å²) >= 11 is 7.30. The lowest BCUT2D eigenvalue weighted by atomic mass is 9.98. The third-order valence-corrected chi connectivity index (χ3v) is 5.54. The molecule has 0 aromatic heterocycles. The van der Waals surface area contributed by atoms with Gasteiger partial charge in [-0.05, 0) is 54.4 Å². The van der Waals surface area contributed by atoms with Gasteiger partial charge in [0.25, 0.3) is 0 Å². The van der Waals surface area contributed by atoms with Gasteiger partial charge < -0.3 is 4.90 Å². The number of carbonyl (C=O) groups is 2. The van der Waals surface area contributed by atoms with Gasteiger partial charge in [-0.25, -0.2) is 0 Å². The summed E-state index contributed by atoms with van der Waals surface area (Å²) in [5.74, 6) is 1.27. The number of hydrogen-bond donors (Lipinski definition) is 0. The van der Waals surface area contributed by atoms with Crippen molar-refractivity contribution in [3.05, 3.63) is 40.9 Å². The highest BCUT2D eigenvalue weighted by atomic mass is 35.5. The van der Waals surface area contributed by atoms with E-state index in [0.717, 1.165) is 18.4 Å². The fourth-order valence-electron chi connectivity index (χ4n) is 3.27. The van der Waals surface area contributed by atoms with E-state index in [1.807, 2.05) is 29.2 Å². The van der Waals surface area contributed by atoms with E-state index >= 15 is 0 Å². The third kappa shape index (κ3) is 9.79. The van der Waals surface area contributed by atoms with Crippen molar-refractivity contribution in [2.45, 2.75) is 59.8 Å². The van der Waals surface area contributed by atoms with Crippen LogP contribution in [0.5, 0.6) is 0 Å². The van der Waals surface area contributed by atoms with Crippen LogP contribution in [0.1, 0.15) is 59.9 Å². The quantitative estimate of drug-likeness (QED) is 0.317. The summed E-state index contributed by atoms with van der Waals surface area (Å²) in [4.78, 5) is 26.8. The molecule has 0 aliphatic carbocycles. The Morgan fingerprint density at radius 1 is 1.11 bits per heavy atom. The van der Waals surface area contributed by atoms with Crippen LogP contribution in [0.15, 0.2) is 30.3 Å². The number of halogens is 1. The molecule has 0 aliphatic rings. The van der Waals surface area contributed by atoms with Gasteiger partial charge in [0.05, 0.1) is 5.37 Å². The molecule has 156 valence electrons. The number of thioether (sulfide) groups is 1. The lowest BCUT2D eigenvalue weighted by molar-refractivity contribution is -0.127.